The maximum atomic E-state index is 11.4. The lowest BCUT2D eigenvalue weighted by Gasteiger charge is -2.28. The second kappa shape index (κ2) is 5.60. The first-order chi connectivity index (χ1) is 6.00. The van der Waals surface area contributed by atoms with Crippen LogP contribution in [0.15, 0.2) is 0 Å². The van der Waals surface area contributed by atoms with Gasteiger partial charge in [0.1, 0.15) is 4.32 Å². The molecule has 0 heterocycles. The van der Waals surface area contributed by atoms with Crippen LogP contribution in [0.4, 0.5) is 0 Å². The minimum absolute atomic E-state index is 0.148. The van der Waals surface area contributed by atoms with Gasteiger partial charge in [0.25, 0.3) is 0 Å². The largest absolute Gasteiger partial charge is 0.468 e. The minimum atomic E-state index is -0.744. The van der Waals surface area contributed by atoms with Crippen molar-refractivity contribution in [3.05, 3.63) is 0 Å². The zero-order chi connectivity index (χ0) is 10.5. The van der Waals surface area contributed by atoms with Gasteiger partial charge < -0.3 is 9.47 Å². The van der Waals surface area contributed by atoms with E-state index in [2.05, 4.69) is 20.7 Å². The third kappa shape index (κ3) is 3.27. The molecule has 0 rings (SSSR count). The molecule has 2 atom stereocenters. The van der Waals surface area contributed by atoms with Crippen LogP contribution in [0.1, 0.15) is 26.7 Å². The number of methoxy groups -OCH3 is 2. The molecule has 13 heavy (non-hydrogen) atoms. The fourth-order valence-corrected chi connectivity index (χ4v) is 1.78. The first kappa shape index (κ1) is 12.9. The minimum Gasteiger partial charge on any atom is -0.468 e. The summed E-state index contributed by atoms with van der Waals surface area (Å²) in [6.07, 6.45) is 1.65. The molecule has 4 heteroatoms. The van der Waals surface area contributed by atoms with Gasteiger partial charge in [-0.2, -0.15) is 0 Å². The molecule has 0 bridgehead atoms. The van der Waals surface area contributed by atoms with Crippen LogP contribution in [0, 0.1) is 0 Å². The Bertz CT molecular complexity index is 168. The zero-order valence-corrected chi connectivity index (χ0v) is 10.2. The van der Waals surface area contributed by atoms with Gasteiger partial charge in [0, 0.05) is 7.11 Å². The van der Waals surface area contributed by atoms with Crippen LogP contribution >= 0.6 is 15.9 Å². The SMILES string of the molecule is CCC[C@H](OC)[C@](C)(Br)C(=O)OC. The summed E-state index contributed by atoms with van der Waals surface area (Å²) >= 11 is 3.34. The van der Waals surface area contributed by atoms with E-state index < -0.39 is 4.32 Å². The molecule has 0 aromatic rings. The van der Waals surface area contributed by atoms with E-state index in [-0.39, 0.29) is 12.1 Å². The molecule has 0 saturated heterocycles. The Morgan fingerprint density at radius 3 is 2.38 bits per heavy atom. The van der Waals surface area contributed by atoms with E-state index in [1.165, 1.54) is 7.11 Å². The van der Waals surface area contributed by atoms with Gasteiger partial charge in [-0.05, 0) is 13.3 Å². The van der Waals surface area contributed by atoms with Gasteiger partial charge in [0.2, 0.25) is 0 Å². The quantitative estimate of drug-likeness (QED) is 0.556. The molecule has 3 nitrogen and oxygen atoms in total. The monoisotopic (exact) mass is 252 g/mol. The molecule has 0 fully saturated rings. The van der Waals surface area contributed by atoms with Crippen LogP contribution in [0.3, 0.4) is 0 Å². The number of carbonyl (C=O) groups excluding carboxylic acids is 1. The zero-order valence-electron chi connectivity index (χ0n) is 8.59. The maximum absolute atomic E-state index is 11.4. The molecule has 0 aliphatic carbocycles. The number of carbonyl (C=O) groups is 1. The Balaban J connectivity index is 4.45. The van der Waals surface area contributed by atoms with Crippen LogP contribution in [0.25, 0.3) is 0 Å². The molecule has 0 spiro atoms. The predicted molar refractivity (Wildman–Crippen MR) is 55.1 cm³/mol. The molecule has 0 aromatic heterocycles. The van der Waals surface area contributed by atoms with Crippen molar-refractivity contribution < 1.29 is 14.3 Å². The van der Waals surface area contributed by atoms with Crippen molar-refractivity contribution in [2.45, 2.75) is 37.1 Å². The highest BCUT2D eigenvalue weighted by molar-refractivity contribution is 9.10. The second-order valence-electron chi connectivity index (χ2n) is 3.08. The van der Waals surface area contributed by atoms with Crippen LogP contribution in [-0.4, -0.2) is 30.6 Å². The van der Waals surface area contributed by atoms with Crippen molar-refractivity contribution in [1.29, 1.82) is 0 Å². The smallest absolute Gasteiger partial charge is 0.325 e. The van der Waals surface area contributed by atoms with E-state index in [1.54, 1.807) is 14.0 Å². The van der Waals surface area contributed by atoms with E-state index >= 15 is 0 Å². The number of ether oxygens (including phenoxy) is 2. The average molecular weight is 253 g/mol. The van der Waals surface area contributed by atoms with Gasteiger partial charge in [-0.25, -0.2) is 0 Å². The van der Waals surface area contributed by atoms with Crippen LogP contribution in [0.5, 0.6) is 0 Å². The average Bonchev–Trinajstić information content (AvgIpc) is 2.12. The number of hydrogen-bond acceptors (Lipinski definition) is 3. The fourth-order valence-electron chi connectivity index (χ4n) is 1.20. The highest BCUT2D eigenvalue weighted by Gasteiger charge is 2.39. The van der Waals surface area contributed by atoms with Crippen molar-refractivity contribution >= 4 is 21.9 Å². The second-order valence-corrected chi connectivity index (χ2v) is 4.73. The number of halogens is 1. The van der Waals surface area contributed by atoms with E-state index in [1.807, 2.05) is 6.92 Å². The van der Waals surface area contributed by atoms with Crippen molar-refractivity contribution in [2.24, 2.45) is 0 Å². The van der Waals surface area contributed by atoms with Crippen LogP contribution in [0.2, 0.25) is 0 Å². The Hall–Kier alpha value is -0.0900. The fraction of sp³-hybridized carbons (Fsp3) is 0.889. The lowest BCUT2D eigenvalue weighted by atomic mass is 10.0. The molecule has 0 saturated carbocycles. The summed E-state index contributed by atoms with van der Waals surface area (Å²) in [6, 6.07) is 0. The van der Waals surface area contributed by atoms with E-state index in [9.17, 15) is 4.79 Å². The molecule has 0 aliphatic rings. The van der Waals surface area contributed by atoms with Gasteiger partial charge in [-0.15, -0.1) is 0 Å². The third-order valence-corrected chi connectivity index (χ3v) is 2.86. The van der Waals surface area contributed by atoms with Gasteiger partial charge in [0.15, 0.2) is 0 Å². The topological polar surface area (TPSA) is 35.5 Å². The normalized spacial score (nSPS) is 17.6. The summed E-state index contributed by atoms with van der Waals surface area (Å²) in [5, 5.41) is 0. The standard InChI is InChI=1S/C9H17BrO3/c1-5-6-7(12-3)9(2,10)8(11)13-4/h7H,5-6H2,1-4H3/t7-,9-/m0/s1. The van der Waals surface area contributed by atoms with Crippen LogP contribution in [-0.2, 0) is 14.3 Å². The maximum Gasteiger partial charge on any atom is 0.325 e. The number of rotatable bonds is 5. The van der Waals surface area contributed by atoms with Crippen molar-refractivity contribution in [2.75, 3.05) is 14.2 Å². The van der Waals surface area contributed by atoms with E-state index in [0.717, 1.165) is 12.8 Å². The van der Waals surface area contributed by atoms with Crippen molar-refractivity contribution in [1.82, 2.24) is 0 Å². The molecule has 0 radical (unpaired) electrons. The molecule has 0 amide bonds. The third-order valence-electron chi connectivity index (χ3n) is 2.02. The highest BCUT2D eigenvalue weighted by atomic mass is 79.9. The number of esters is 1. The van der Waals surface area contributed by atoms with E-state index in [4.69, 9.17) is 4.74 Å². The summed E-state index contributed by atoms with van der Waals surface area (Å²) < 4.78 is 9.17. The highest BCUT2D eigenvalue weighted by Crippen LogP contribution is 2.28. The van der Waals surface area contributed by atoms with Crippen molar-refractivity contribution in [3.8, 4) is 0 Å². The molecule has 0 N–H and O–H groups in total. The van der Waals surface area contributed by atoms with Gasteiger partial charge >= 0.3 is 5.97 Å². The molecule has 0 aliphatic heterocycles. The molecular weight excluding hydrogens is 236 g/mol. The first-order valence-electron chi connectivity index (χ1n) is 4.30. The van der Waals surface area contributed by atoms with Crippen LogP contribution < -0.4 is 0 Å². The van der Waals surface area contributed by atoms with Gasteiger partial charge in [-0.1, -0.05) is 29.3 Å². The summed E-state index contributed by atoms with van der Waals surface area (Å²) in [4.78, 5) is 11.4. The summed E-state index contributed by atoms with van der Waals surface area (Å²) in [5.41, 5.74) is 0. The van der Waals surface area contributed by atoms with E-state index in [0.29, 0.717) is 0 Å². The molecule has 0 unspecified atom stereocenters. The Morgan fingerprint density at radius 2 is 2.08 bits per heavy atom. The summed E-state index contributed by atoms with van der Waals surface area (Å²) in [6.45, 7) is 3.81. The van der Waals surface area contributed by atoms with Gasteiger partial charge in [0.05, 0.1) is 13.2 Å². The lowest BCUT2D eigenvalue weighted by Crippen LogP contribution is -2.43. The predicted octanol–water partition coefficient (Wildman–Crippen LogP) is 2.13. The summed E-state index contributed by atoms with van der Waals surface area (Å²) in [7, 11) is 2.98. The first-order valence-corrected chi connectivity index (χ1v) is 5.10. The Labute approximate surface area is 87.9 Å². The molecular formula is C9H17BrO3. The van der Waals surface area contributed by atoms with Gasteiger partial charge in [-0.3, -0.25) is 4.79 Å². The molecule has 0 aromatic carbocycles. The number of hydrogen-bond donors (Lipinski definition) is 0. The lowest BCUT2D eigenvalue weighted by molar-refractivity contribution is -0.146. The Kier molecular flexibility index (Phi) is 5.56. The summed E-state index contributed by atoms with van der Waals surface area (Å²) in [5.74, 6) is -0.298. The van der Waals surface area contributed by atoms with Crippen molar-refractivity contribution in [3.63, 3.8) is 0 Å². The number of alkyl halides is 1. The Morgan fingerprint density at radius 1 is 1.54 bits per heavy atom. The molecule has 78 valence electrons.